The lowest BCUT2D eigenvalue weighted by atomic mass is 9.93. The van der Waals surface area contributed by atoms with Gasteiger partial charge < -0.3 is 20.3 Å². The normalized spacial score (nSPS) is 14.1. The average molecular weight is 514 g/mol. The zero-order chi connectivity index (χ0) is 25.4. The third kappa shape index (κ3) is 9.29. The molecular formula is C22H27F6NO4P+. The zero-order valence-electron chi connectivity index (χ0n) is 18.2. The van der Waals surface area contributed by atoms with E-state index in [1.165, 1.54) is 33.7 Å². The first-order valence-corrected chi connectivity index (χ1v) is 10.9. The van der Waals surface area contributed by atoms with Gasteiger partial charge in [0, 0.05) is 0 Å². The number of hydrogen-bond acceptors (Lipinski definition) is 5. The molecule has 0 saturated carbocycles. The molecule has 0 spiro atoms. The monoisotopic (exact) mass is 514 g/mol. The summed E-state index contributed by atoms with van der Waals surface area (Å²) in [5.41, 5.74) is 4.91. The molecule has 0 aliphatic rings. The standard InChI is InChI=1S/C22H27F6NO4P/c23-21(24,25)18-12-16(8-9-20(29,13-30)14-32-34)6-7-19(18)31-10-2-4-15-3-1-5-17(11-15)33-22(26,27)28/h1,3,5-7,11-12,30H,2,4,8-10,13-14,29H2,34H3/q+1. The van der Waals surface area contributed by atoms with Crippen molar-refractivity contribution in [2.24, 2.45) is 5.73 Å². The van der Waals surface area contributed by atoms with E-state index in [1.54, 1.807) is 6.07 Å². The number of aliphatic hydroxyl groups excluding tert-OH is 1. The van der Waals surface area contributed by atoms with Gasteiger partial charge in [-0.05, 0) is 61.1 Å². The van der Waals surface area contributed by atoms with Crippen molar-refractivity contribution >= 4 is 9.47 Å². The van der Waals surface area contributed by atoms with Crippen molar-refractivity contribution < 1.29 is 45.4 Å². The van der Waals surface area contributed by atoms with Gasteiger partial charge in [0.15, 0.2) is 0 Å². The molecule has 0 aliphatic heterocycles. The fourth-order valence-corrected chi connectivity index (χ4v) is 3.64. The van der Waals surface area contributed by atoms with Crippen LogP contribution in [0.3, 0.4) is 0 Å². The number of aryl methyl sites for hydroxylation is 2. The molecule has 2 rings (SSSR count). The van der Waals surface area contributed by atoms with E-state index in [1.807, 2.05) is 0 Å². The van der Waals surface area contributed by atoms with Gasteiger partial charge in [0.1, 0.15) is 27.6 Å². The maximum absolute atomic E-state index is 13.6. The van der Waals surface area contributed by atoms with E-state index in [9.17, 15) is 31.4 Å². The van der Waals surface area contributed by atoms with Gasteiger partial charge >= 0.3 is 12.5 Å². The smallest absolute Gasteiger partial charge is 0.493 e. The predicted molar refractivity (Wildman–Crippen MR) is 118 cm³/mol. The summed E-state index contributed by atoms with van der Waals surface area (Å²) in [4.78, 5) is 0. The van der Waals surface area contributed by atoms with E-state index in [2.05, 4.69) is 4.74 Å². The minimum Gasteiger partial charge on any atom is -0.493 e. The van der Waals surface area contributed by atoms with Crippen molar-refractivity contribution in [1.29, 1.82) is 0 Å². The first-order chi connectivity index (χ1) is 15.8. The van der Waals surface area contributed by atoms with E-state index >= 15 is 0 Å². The number of alkyl halides is 6. The number of halogens is 6. The molecular weight excluding hydrogens is 487 g/mol. The SMILES string of the molecule is NC(CO)(CCc1ccc(OCCCc2cccc(OC(F)(F)F)c2)c(C(F)(F)F)c1)CO[PH3+]. The Morgan fingerprint density at radius 2 is 1.65 bits per heavy atom. The highest BCUT2D eigenvalue weighted by atomic mass is 31.0. The maximum Gasteiger partial charge on any atom is 0.573 e. The first-order valence-electron chi connectivity index (χ1n) is 10.3. The lowest BCUT2D eigenvalue weighted by Gasteiger charge is -2.25. The molecule has 0 fully saturated rings. The Kier molecular flexibility index (Phi) is 9.99. The Morgan fingerprint density at radius 3 is 2.26 bits per heavy atom. The molecule has 0 heterocycles. The molecule has 2 aromatic carbocycles. The van der Waals surface area contributed by atoms with E-state index < -0.39 is 23.6 Å². The first kappa shape index (κ1) is 28.2. The summed E-state index contributed by atoms with van der Waals surface area (Å²) in [6, 6.07) is 9.08. The Balaban J connectivity index is 1.99. The number of aliphatic hydroxyl groups is 1. The number of nitrogens with two attached hydrogens (primary N) is 1. The third-order valence-corrected chi connectivity index (χ3v) is 5.17. The van der Waals surface area contributed by atoms with Crippen molar-refractivity contribution in [2.45, 2.75) is 43.8 Å². The Morgan fingerprint density at radius 1 is 0.941 bits per heavy atom. The average Bonchev–Trinajstić information content (AvgIpc) is 2.74. The second-order valence-electron chi connectivity index (χ2n) is 7.84. The van der Waals surface area contributed by atoms with Crippen molar-refractivity contribution in [2.75, 3.05) is 19.8 Å². The Hall–Kier alpha value is -2.07. The zero-order valence-corrected chi connectivity index (χ0v) is 19.6. The maximum atomic E-state index is 13.6. The van der Waals surface area contributed by atoms with Crippen molar-refractivity contribution in [3.8, 4) is 11.5 Å². The summed E-state index contributed by atoms with van der Waals surface area (Å²) < 4.78 is 91.9. The summed E-state index contributed by atoms with van der Waals surface area (Å²) in [5, 5.41) is 9.43. The Labute approximate surface area is 195 Å². The van der Waals surface area contributed by atoms with Crippen molar-refractivity contribution in [1.82, 2.24) is 0 Å². The fraction of sp³-hybridized carbons (Fsp3) is 0.455. The molecule has 2 atom stereocenters. The van der Waals surface area contributed by atoms with E-state index in [0.29, 0.717) is 11.1 Å². The second kappa shape index (κ2) is 12.1. The molecule has 12 heteroatoms. The van der Waals surface area contributed by atoms with Crippen LogP contribution in [0.15, 0.2) is 42.5 Å². The van der Waals surface area contributed by atoms with Crippen LogP contribution >= 0.6 is 9.47 Å². The summed E-state index contributed by atoms with van der Waals surface area (Å²) in [6.45, 7) is -0.373. The van der Waals surface area contributed by atoms with Gasteiger partial charge in [0.05, 0.1) is 24.3 Å². The molecule has 0 radical (unpaired) electrons. The van der Waals surface area contributed by atoms with Gasteiger partial charge in [-0.15, -0.1) is 13.2 Å². The van der Waals surface area contributed by atoms with Crippen LogP contribution in [-0.2, 0) is 23.5 Å². The van der Waals surface area contributed by atoms with Crippen LogP contribution in [0.5, 0.6) is 11.5 Å². The largest absolute Gasteiger partial charge is 0.573 e. The molecule has 0 amide bonds. The lowest BCUT2D eigenvalue weighted by molar-refractivity contribution is -0.274. The van der Waals surface area contributed by atoms with Crippen LogP contribution < -0.4 is 15.2 Å². The summed E-state index contributed by atoms with van der Waals surface area (Å²) >= 11 is 0. The highest BCUT2D eigenvalue weighted by Crippen LogP contribution is 2.37. The molecule has 3 N–H and O–H groups in total. The quantitative estimate of drug-likeness (QED) is 0.242. The minimum absolute atomic E-state index is 0.0699. The molecule has 5 nitrogen and oxygen atoms in total. The molecule has 190 valence electrons. The molecule has 2 aromatic rings. The van der Waals surface area contributed by atoms with Gasteiger partial charge in [-0.25, -0.2) is 4.52 Å². The van der Waals surface area contributed by atoms with E-state index in [4.69, 9.17) is 15.0 Å². The molecule has 0 aliphatic carbocycles. The van der Waals surface area contributed by atoms with Crippen LogP contribution in [0.2, 0.25) is 0 Å². The van der Waals surface area contributed by atoms with Gasteiger partial charge in [-0.2, -0.15) is 13.2 Å². The molecule has 2 unspecified atom stereocenters. The van der Waals surface area contributed by atoms with Crippen LogP contribution in [0, 0.1) is 0 Å². The van der Waals surface area contributed by atoms with Crippen LogP contribution in [0.4, 0.5) is 26.3 Å². The molecule has 34 heavy (non-hydrogen) atoms. The van der Waals surface area contributed by atoms with Crippen LogP contribution in [0.1, 0.15) is 29.5 Å². The fourth-order valence-electron chi connectivity index (χ4n) is 3.23. The van der Waals surface area contributed by atoms with Crippen LogP contribution in [0.25, 0.3) is 0 Å². The van der Waals surface area contributed by atoms with Gasteiger partial charge in [-0.1, -0.05) is 18.2 Å². The van der Waals surface area contributed by atoms with Crippen LogP contribution in [-0.4, -0.2) is 36.8 Å². The van der Waals surface area contributed by atoms with Crippen molar-refractivity contribution in [3.05, 3.63) is 59.2 Å². The number of ether oxygens (including phenoxy) is 2. The molecule has 0 saturated heterocycles. The summed E-state index contributed by atoms with van der Waals surface area (Å²) in [6.07, 6.45) is -8.48. The minimum atomic E-state index is -4.81. The van der Waals surface area contributed by atoms with Gasteiger partial charge in [0.2, 0.25) is 0 Å². The second-order valence-corrected chi connectivity index (χ2v) is 8.25. The van der Waals surface area contributed by atoms with E-state index in [0.717, 1.165) is 12.1 Å². The highest BCUT2D eigenvalue weighted by molar-refractivity contribution is 7.09. The lowest BCUT2D eigenvalue weighted by Crippen LogP contribution is -2.47. The molecule has 0 aromatic heterocycles. The van der Waals surface area contributed by atoms with Gasteiger partial charge in [-0.3, -0.25) is 0 Å². The predicted octanol–water partition coefficient (Wildman–Crippen LogP) is 4.78. The topological polar surface area (TPSA) is 73.9 Å². The van der Waals surface area contributed by atoms with Gasteiger partial charge in [0.25, 0.3) is 0 Å². The van der Waals surface area contributed by atoms with E-state index in [-0.39, 0.29) is 57.0 Å². The number of rotatable bonds is 12. The van der Waals surface area contributed by atoms with Crippen molar-refractivity contribution in [3.63, 3.8) is 0 Å². The summed E-state index contributed by atoms with van der Waals surface area (Å²) in [7, 11) is 1.22. The molecule has 0 bridgehead atoms. The number of hydrogen-bond donors (Lipinski definition) is 2. The summed E-state index contributed by atoms with van der Waals surface area (Å²) in [5.74, 6) is -0.709. The Bertz CT molecular complexity index is 925. The third-order valence-electron chi connectivity index (χ3n) is 4.96. The number of benzene rings is 2. The highest BCUT2D eigenvalue weighted by Gasteiger charge is 2.35.